The maximum absolute atomic E-state index is 5.65. The summed E-state index contributed by atoms with van der Waals surface area (Å²) in [5, 5.41) is 0. The Morgan fingerprint density at radius 3 is 2.25 bits per heavy atom. The van der Waals surface area contributed by atoms with Crippen LogP contribution in [-0.4, -0.2) is 7.11 Å². The van der Waals surface area contributed by atoms with Crippen molar-refractivity contribution in [3.05, 3.63) is 48.6 Å². The van der Waals surface area contributed by atoms with Crippen LogP contribution in [-0.2, 0) is 0 Å². The summed E-state index contributed by atoms with van der Waals surface area (Å²) >= 11 is 9.35. The van der Waals surface area contributed by atoms with E-state index in [1.165, 1.54) is 26.4 Å². The van der Waals surface area contributed by atoms with Gasteiger partial charge in [0.25, 0.3) is 0 Å². The molecule has 1 aromatic carbocycles. The lowest BCUT2D eigenvalue weighted by Crippen LogP contribution is -2.01. The first-order valence-corrected chi connectivity index (χ1v) is 8.94. The topological polar surface area (TPSA) is 9.23 Å². The van der Waals surface area contributed by atoms with E-state index in [0.29, 0.717) is 0 Å². The van der Waals surface area contributed by atoms with E-state index >= 15 is 0 Å². The zero-order valence-electron chi connectivity index (χ0n) is 12.3. The van der Waals surface area contributed by atoms with Crippen molar-refractivity contribution in [3.8, 4) is 5.75 Å². The molecule has 1 heterocycles. The molecule has 20 heavy (non-hydrogen) atoms. The minimum Gasteiger partial charge on any atom is -0.496 e. The molecular formula is C16H18Br2OS. The summed E-state index contributed by atoms with van der Waals surface area (Å²) in [5.74, 6) is 0.969. The lowest BCUT2D eigenvalue weighted by Gasteiger charge is -2.19. The molecule has 2 aromatic rings. The van der Waals surface area contributed by atoms with Crippen LogP contribution in [0.5, 0.6) is 5.75 Å². The summed E-state index contributed by atoms with van der Waals surface area (Å²) in [6.07, 6.45) is 0. The number of methoxy groups -OCH3 is 1. The lowest BCUT2D eigenvalue weighted by atomic mass is 10.00. The predicted octanol–water partition coefficient (Wildman–Crippen LogP) is 6.24. The number of ether oxygens (including phenoxy) is 1. The molecular weight excluding hydrogens is 400 g/mol. The van der Waals surface area contributed by atoms with Gasteiger partial charge in [-0.3, -0.25) is 0 Å². The van der Waals surface area contributed by atoms with Crippen molar-refractivity contribution in [2.45, 2.75) is 32.5 Å². The first kappa shape index (κ1) is 16.1. The Bertz CT molecular complexity index is 627. The minimum atomic E-state index is 0.158. The molecule has 0 saturated carbocycles. The molecule has 1 nitrogen and oxygen atoms in total. The fourth-order valence-electron chi connectivity index (χ4n) is 2.32. The minimum absolute atomic E-state index is 0.158. The Morgan fingerprint density at radius 1 is 1.10 bits per heavy atom. The van der Waals surface area contributed by atoms with Crippen molar-refractivity contribution in [2.75, 3.05) is 7.11 Å². The zero-order valence-corrected chi connectivity index (χ0v) is 16.3. The first-order valence-electron chi connectivity index (χ1n) is 6.41. The Morgan fingerprint density at radius 2 is 1.75 bits per heavy atom. The number of halogens is 2. The molecule has 1 unspecified atom stereocenters. The Hall–Kier alpha value is -0.320. The van der Waals surface area contributed by atoms with Crippen LogP contribution in [0.2, 0.25) is 0 Å². The van der Waals surface area contributed by atoms with Crippen LogP contribution in [0.3, 0.4) is 0 Å². The van der Waals surface area contributed by atoms with Gasteiger partial charge in [-0.25, -0.2) is 0 Å². The van der Waals surface area contributed by atoms with E-state index in [0.717, 1.165) is 15.8 Å². The first-order chi connectivity index (χ1) is 9.36. The van der Waals surface area contributed by atoms with Crippen molar-refractivity contribution in [1.29, 1.82) is 0 Å². The Balaban J connectivity index is 2.61. The SMILES string of the molecule is COc1c(C)cc(Br)c(C)c1C(Br)c1cc(C)c(C)s1. The van der Waals surface area contributed by atoms with Crippen molar-refractivity contribution in [1.82, 2.24) is 0 Å². The molecule has 1 atom stereocenters. The van der Waals surface area contributed by atoms with Crippen LogP contribution < -0.4 is 4.74 Å². The summed E-state index contributed by atoms with van der Waals surface area (Å²) < 4.78 is 6.77. The third kappa shape index (κ3) is 2.83. The monoisotopic (exact) mass is 416 g/mol. The fraction of sp³-hybridized carbons (Fsp3) is 0.375. The normalized spacial score (nSPS) is 12.6. The maximum Gasteiger partial charge on any atom is 0.126 e. The van der Waals surface area contributed by atoms with Crippen LogP contribution in [0.1, 0.15) is 36.8 Å². The second kappa shape index (κ2) is 6.20. The third-order valence-corrected chi connectivity index (χ3v) is 6.90. The highest BCUT2D eigenvalue weighted by molar-refractivity contribution is 9.10. The standard InChI is InChI=1S/C16H18Br2OS/c1-8-7-13(20-11(8)4)15(18)14-10(3)12(17)6-9(2)16(14)19-5/h6-7,15H,1-5H3. The number of aryl methyl sites for hydroxylation is 3. The van der Waals surface area contributed by atoms with Crippen molar-refractivity contribution in [3.63, 3.8) is 0 Å². The van der Waals surface area contributed by atoms with Crippen LogP contribution in [0, 0.1) is 27.7 Å². The lowest BCUT2D eigenvalue weighted by molar-refractivity contribution is 0.407. The van der Waals surface area contributed by atoms with E-state index in [2.05, 4.69) is 71.7 Å². The molecule has 0 bridgehead atoms. The second-order valence-electron chi connectivity index (χ2n) is 5.00. The van der Waals surface area contributed by atoms with Gasteiger partial charge in [-0.1, -0.05) is 31.9 Å². The number of rotatable bonds is 3. The number of hydrogen-bond donors (Lipinski definition) is 0. The van der Waals surface area contributed by atoms with E-state index in [1.807, 2.05) is 11.3 Å². The molecule has 0 spiro atoms. The quantitative estimate of drug-likeness (QED) is 0.537. The number of thiophene rings is 1. The molecule has 0 saturated heterocycles. The number of benzene rings is 1. The predicted molar refractivity (Wildman–Crippen MR) is 94.7 cm³/mol. The van der Waals surface area contributed by atoms with Gasteiger partial charge in [0.1, 0.15) is 5.75 Å². The summed E-state index contributed by atoms with van der Waals surface area (Å²) in [7, 11) is 1.74. The molecule has 0 aliphatic carbocycles. The van der Waals surface area contributed by atoms with Gasteiger partial charge in [0.2, 0.25) is 0 Å². The van der Waals surface area contributed by atoms with E-state index in [4.69, 9.17) is 4.74 Å². The molecule has 0 N–H and O–H groups in total. The molecule has 4 heteroatoms. The highest BCUT2D eigenvalue weighted by Crippen LogP contribution is 2.45. The number of hydrogen-bond acceptors (Lipinski definition) is 2. The fourth-order valence-corrected chi connectivity index (χ4v) is 4.87. The Labute approximate surface area is 141 Å². The molecule has 1 aromatic heterocycles. The van der Waals surface area contributed by atoms with Crippen molar-refractivity contribution < 1.29 is 4.74 Å². The molecule has 108 valence electrons. The van der Waals surface area contributed by atoms with Gasteiger partial charge in [0, 0.05) is 19.8 Å². The molecule has 0 aliphatic heterocycles. The second-order valence-corrected chi connectivity index (χ2v) is 8.06. The zero-order chi connectivity index (χ0) is 15.0. The van der Waals surface area contributed by atoms with Crippen molar-refractivity contribution >= 4 is 43.2 Å². The summed E-state index contributed by atoms with van der Waals surface area (Å²) in [5.41, 5.74) is 4.92. The largest absolute Gasteiger partial charge is 0.496 e. The molecule has 2 rings (SSSR count). The molecule has 0 fully saturated rings. The third-order valence-electron chi connectivity index (χ3n) is 3.60. The average molecular weight is 418 g/mol. The van der Waals surface area contributed by atoms with Crippen molar-refractivity contribution in [2.24, 2.45) is 0 Å². The highest BCUT2D eigenvalue weighted by Gasteiger charge is 2.23. The number of alkyl halides is 1. The molecule has 0 aliphatic rings. The van der Waals surface area contributed by atoms with E-state index < -0.39 is 0 Å². The Kier molecular flexibility index (Phi) is 4.98. The van der Waals surface area contributed by atoms with E-state index in [-0.39, 0.29) is 4.83 Å². The summed E-state index contributed by atoms with van der Waals surface area (Å²) in [4.78, 5) is 2.85. The smallest absolute Gasteiger partial charge is 0.126 e. The van der Waals surface area contributed by atoms with Gasteiger partial charge in [0.05, 0.1) is 11.9 Å². The van der Waals surface area contributed by atoms with Crippen LogP contribution >= 0.6 is 43.2 Å². The molecule has 0 amide bonds. The molecule has 0 radical (unpaired) electrons. The van der Waals surface area contributed by atoms with Gasteiger partial charge >= 0.3 is 0 Å². The van der Waals surface area contributed by atoms with Gasteiger partial charge in [-0.05, 0) is 56.5 Å². The summed E-state index contributed by atoms with van der Waals surface area (Å²) in [6, 6.07) is 4.37. The van der Waals surface area contributed by atoms with E-state index in [9.17, 15) is 0 Å². The van der Waals surface area contributed by atoms with Gasteiger partial charge in [-0.2, -0.15) is 0 Å². The van der Waals surface area contributed by atoms with Crippen LogP contribution in [0.15, 0.2) is 16.6 Å². The van der Waals surface area contributed by atoms with Gasteiger partial charge in [0.15, 0.2) is 0 Å². The summed E-state index contributed by atoms with van der Waals surface area (Å²) in [6.45, 7) is 8.53. The van der Waals surface area contributed by atoms with Gasteiger partial charge in [-0.15, -0.1) is 11.3 Å². The highest BCUT2D eigenvalue weighted by atomic mass is 79.9. The van der Waals surface area contributed by atoms with Gasteiger partial charge < -0.3 is 4.74 Å². The average Bonchev–Trinajstić information content (AvgIpc) is 2.73. The van der Waals surface area contributed by atoms with Crippen LogP contribution in [0.25, 0.3) is 0 Å². The maximum atomic E-state index is 5.65. The van der Waals surface area contributed by atoms with Crippen LogP contribution in [0.4, 0.5) is 0 Å². The van der Waals surface area contributed by atoms with E-state index in [1.54, 1.807) is 7.11 Å².